The monoisotopic (exact) mass is 320 g/mol. The van der Waals surface area contributed by atoms with Crippen molar-refractivity contribution in [1.29, 1.82) is 0 Å². The fraction of sp³-hybridized carbons (Fsp3) is 0.765. The summed E-state index contributed by atoms with van der Waals surface area (Å²) in [6, 6.07) is 0. The van der Waals surface area contributed by atoms with E-state index in [1.165, 1.54) is 18.2 Å². The number of carbonyl (C=O) groups is 1. The molecular formula is C17H24N2O2S. The molecule has 1 atom stereocenters. The molecule has 4 rings (SSSR count). The summed E-state index contributed by atoms with van der Waals surface area (Å²) in [5.74, 6) is 0.769. The second kappa shape index (κ2) is 5.10. The number of hydrogen-bond acceptors (Lipinski definition) is 4. The van der Waals surface area contributed by atoms with E-state index < -0.39 is 10.6 Å². The predicted molar refractivity (Wildman–Crippen MR) is 88.6 cm³/mol. The van der Waals surface area contributed by atoms with Crippen LogP contribution in [0.3, 0.4) is 0 Å². The Bertz CT molecular complexity index is 575. The van der Waals surface area contributed by atoms with E-state index in [2.05, 4.69) is 12.2 Å². The van der Waals surface area contributed by atoms with E-state index in [1.54, 1.807) is 0 Å². The van der Waals surface area contributed by atoms with Crippen molar-refractivity contribution in [3.8, 4) is 0 Å². The zero-order valence-electron chi connectivity index (χ0n) is 13.2. The van der Waals surface area contributed by atoms with Gasteiger partial charge in [0.1, 0.15) is 15.6 Å². The zero-order valence-corrected chi connectivity index (χ0v) is 14.0. The molecule has 2 fully saturated rings. The van der Waals surface area contributed by atoms with Crippen LogP contribution in [-0.2, 0) is 4.79 Å². The average Bonchev–Trinajstić information content (AvgIpc) is 2.79. The molecule has 0 aromatic rings. The molecule has 2 aliphatic carbocycles. The maximum absolute atomic E-state index is 12.7. The van der Waals surface area contributed by atoms with Gasteiger partial charge in [-0.25, -0.2) is 4.99 Å². The van der Waals surface area contributed by atoms with Crippen LogP contribution < -0.4 is 5.32 Å². The lowest BCUT2D eigenvalue weighted by Gasteiger charge is -2.40. The first-order valence-corrected chi connectivity index (χ1v) is 9.45. The van der Waals surface area contributed by atoms with Gasteiger partial charge in [-0.1, -0.05) is 25.1 Å². The predicted octanol–water partition coefficient (Wildman–Crippen LogP) is 3.12. The minimum Gasteiger partial charge on any atom is -0.375 e. The van der Waals surface area contributed by atoms with Crippen LogP contribution in [0.25, 0.3) is 0 Å². The summed E-state index contributed by atoms with van der Waals surface area (Å²) in [6.45, 7) is 2.24. The molecule has 4 aliphatic rings. The van der Waals surface area contributed by atoms with Gasteiger partial charge >= 0.3 is 0 Å². The van der Waals surface area contributed by atoms with Crippen LogP contribution in [0.4, 0.5) is 0 Å². The third kappa shape index (κ3) is 2.16. The van der Waals surface area contributed by atoms with Crippen molar-refractivity contribution in [2.75, 3.05) is 0 Å². The van der Waals surface area contributed by atoms with Crippen molar-refractivity contribution in [2.45, 2.75) is 75.3 Å². The molecule has 4 nitrogen and oxygen atoms in total. The van der Waals surface area contributed by atoms with Crippen LogP contribution in [0, 0.1) is 5.92 Å². The van der Waals surface area contributed by atoms with E-state index in [-0.39, 0.29) is 5.91 Å². The fourth-order valence-corrected chi connectivity index (χ4v) is 5.83. The van der Waals surface area contributed by atoms with Gasteiger partial charge in [0.05, 0.1) is 5.57 Å². The Kier molecular flexibility index (Phi) is 3.42. The summed E-state index contributed by atoms with van der Waals surface area (Å²) < 4.78 is 0. The highest BCUT2D eigenvalue weighted by molar-refractivity contribution is 8.16. The van der Waals surface area contributed by atoms with E-state index in [9.17, 15) is 9.90 Å². The normalized spacial score (nSPS) is 41.1. The number of nitrogens with one attached hydrogen (secondary N) is 1. The van der Waals surface area contributed by atoms with Crippen LogP contribution in [0.15, 0.2) is 16.1 Å². The molecule has 0 saturated heterocycles. The standard InChI is InChI=1S/C17H24N2O2S/c1-2-11-6-9-16(10-7-11)18-14(20)13-12-5-3-4-8-17(12,21)22-15(13)19-16/h11,21H,2-10H2,1H3,(H,18,20). The van der Waals surface area contributed by atoms with Crippen molar-refractivity contribution in [1.82, 2.24) is 5.32 Å². The Morgan fingerprint density at radius 2 is 2.09 bits per heavy atom. The third-order valence-electron chi connectivity index (χ3n) is 5.84. The summed E-state index contributed by atoms with van der Waals surface area (Å²) >= 11 is 1.43. The number of aliphatic imine (C=N–C) groups is 1. The van der Waals surface area contributed by atoms with Crippen molar-refractivity contribution < 1.29 is 9.90 Å². The van der Waals surface area contributed by atoms with E-state index in [0.717, 1.165) is 67.9 Å². The molecule has 0 aromatic carbocycles. The molecule has 2 saturated carbocycles. The van der Waals surface area contributed by atoms with Gasteiger partial charge in [-0.3, -0.25) is 4.79 Å². The van der Waals surface area contributed by atoms with Gasteiger partial charge in [0, 0.05) is 0 Å². The van der Waals surface area contributed by atoms with Gasteiger partial charge in [0.2, 0.25) is 0 Å². The Morgan fingerprint density at radius 1 is 1.32 bits per heavy atom. The van der Waals surface area contributed by atoms with Gasteiger partial charge in [-0.05, 0) is 62.9 Å². The Labute approximate surface area is 135 Å². The molecule has 5 heteroatoms. The molecule has 120 valence electrons. The lowest BCUT2D eigenvalue weighted by Crippen LogP contribution is -2.53. The molecular weight excluding hydrogens is 296 g/mol. The van der Waals surface area contributed by atoms with Crippen molar-refractivity contribution in [3.63, 3.8) is 0 Å². The molecule has 2 N–H and O–H groups in total. The molecule has 2 heterocycles. The van der Waals surface area contributed by atoms with Crippen LogP contribution >= 0.6 is 11.8 Å². The summed E-state index contributed by atoms with van der Waals surface area (Å²) in [7, 11) is 0. The fourth-order valence-electron chi connectivity index (χ4n) is 4.39. The quantitative estimate of drug-likeness (QED) is 0.780. The maximum atomic E-state index is 12.7. The molecule has 1 unspecified atom stereocenters. The van der Waals surface area contributed by atoms with Crippen LogP contribution in [0.1, 0.15) is 64.7 Å². The number of thioether (sulfide) groups is 1. The minimum absolute atomic E-state index is 0.000253. The SMILES string of the molecule is CCC1CCC2(CC1)N=C1SC3(O)CCCCC3=C1C(=O)N2. The van der Waals surface area contributed by atoms with Gasteiger partial charge in [0.25, 0.3) is 5.91 Å². The number of nitrogens with zero attached hydrogens (tertiary/aromatic N) is 1. The van der Waals surface area contributed by atoms with E-state index in [4.69, 9.17) is 4.99 Å². The van der Waals surface area contributed by atoms with Gasteiger partial charge in [-0.15, -0.1) is 0 Å². The summed E-state index contributed by atoms with van der Waals surface area (Å²) in [5, 5.41) is 14.9. The van der Waals surface area contributed by atoms with Crippen LogP contribution in [0.2, 0.25) is 0 Å². The number of aliphatic hydroxyl groups is 1. The number of hydrogen-bond donors (Lipinski definition) is 2. The third-order valence-corrected chi connectivity index (χ3v) is 7.12. The van der Waals surface area contributed by atoms with E-state index >= 15 is 0 Å². The molecule has 0 radical (unpaired) electrons. The number of fused-ring (bicyclic) bond motifs is 2. The number of amides is 1. The minimum atomic E-state index is -0.865. The van der Waals surface area contributed by atoms with Crippen molar-refractivity contribution in [2.24, 2.45) is 10.9 Å². The average molecular weight is 320 g/mol. The smallest absolute Gasteiger partial charge is 0.255 e. The zero-order chi connectivity index (χ0) is 15.4. The summed E-state index contributed by atoms with van der Waals surface area (Å²) in [6.07, 6.45) is 9.01. The molecule has 0 aromatic heterocycles. The maximum Gasteiger partial charge on any atom is 0.255 e. The second-order valence-corrected chi connectivity index (χ2v) is 8.47. The van der Waals surface area contributed by atoms with Crippen molar-refractivity contribution >= 4 is 22.7 Å². The second-order valence-electron chi connectivity index (χ2n) is 7.20. The van der Waals surface area contributed by atoms with Gasteiger partial charge < -0.3 is 10.4 Å². The van der Waals surface area contributed by atoms with Crippen LogP contribution in [-0.4, -0.2) is 26.7 Å². The summed E-state index contributed by atoms with van der Waals surface area (Å²) in [5.41, 5.74) is 1.21. The topological polar surface area (TPSA) is 61.7 Å². The highest BCUT2D eigenvalue weighted by Crippen LogP contribution is 2.52. The lowest BCUT2D eigenvalue weighted by atomic mass is 9.79. The molecule has 0 bridgehead atoms. The van der Waals surface area contributed by atoms with E-state index in [1.807, 2.05) is 0 Å². The first-order chi connectivity index (χ1) is 10.6. The number of rotatable bonds is 1. The Balaban J connectivity index is 1.68. The first kappa shape index (κ1) is 14.8. The Morgan fingerprint density at radius 3 is 2.82 bits per heavy atom. The molecule has 2 aliphatic heterocycles. The molecule has 1 amide bonds. The summed E-state index contributed by atoms with van der Waals surface area (Å²) in [4.78, 5) is 16.8. The Hall–Kier alpha value is -0.810. The molecule has 1 spiro atoms. The van der Waals surface area contributed by atoms with E-state index in [0.29, 0.717) is 5.57 Å². The van der Waals surface area contributed by atoms with Gasteiger partial charge in [0.15, 0.2) is 0 Å². The largest absolute Gasteiger partial charge is 0.375 e. The highest BCUT2D eigenvalue weighted by Gasteiger charge is 2.51. The van der Waals surface area contributed by atoms with Gasteiger partial charge in [-0.2, -0.15) is 0 Å². The number of carbonyl (C=O) groups excluding carboxylic acids is 1. The van der Waals surface area contributed by atoms with Crippen molar-refractivity contribution in [3.05, 3.63) is 11.1 Å². The molecule has 22 heavy (non-hydrogen) atoms. The highest BCUT2D eigenvalue weighted by atomic mass is 32.2. The lowest BCUT2D eigenvalue weighted by molar-refractivity contribution is -0.119. The van der Waals surface area contributed by atoms with Crippen LogP contribution in [0.5, 0.6) is 0 Å². The first-order valence-electron chi connectivity index (χ1n) is 8.63.